The Kier molecular flexibility index (Phi) is 6.58. The van der Waals surface area contributed by atoms with E-state index in [0.29, 0.717) is 11.1 Å². The van der Waals surface area contributed by atoms with Crippen LogP contribution in [0, 0.1) is 0 Å². The van der Waals surface area contributed by atoms with Gasteiger partial charge in [0, 0.05) is 11.3 Å². The lowest BCUT2D eigenvalue weighted by Gasteiger charge is -2.42. The van der Waals surface area contributed by atoms with E-state index in [1.54, 1.807) is 13.8 Å². The molecule has 0 saturated carbocycles. The normalized spacial score (nSPS) is 19.3. The molecule has 0 aliphatic heterocycles. The average molecular weight is 384 g/mol. The van der Waals surface area contributed by atoms with Crippen LogP contribution in [0.3, 0.4) is 0 Å². The number of ketones is 2. The van der Waals surface area contributed by atoms with Crippen molar-refractivity contribution in [1.29, 1.82) is 0 Å². The van der Waals surface area contributed by atoms with Crippen molar-refractivity contribution < 1.29 is 9.59 Å². The van der Waals surface area contributed by atoms with E-state index in [1.165, 1.54) is 24.5 Å². The number of benzene rings is 1. The summed E-state index contributed by atoms with van der Waals surface area (Å²) < 4.78 is 0. The van der Waals surface area contributed by atoms with Gasteiger partial charge >= 0.3 is 0 Å². The largest absolute Gasteiger partial charge is 0.375 e. The van der Waals surface area contributed by atoms with Crippen LogP contribution in [0.15, 0.2) is 29.3 Å². The van der Waals surface area contributed by atoms with Gasteiger partial charge in [0.25, 0.3) is 0 Å². The summed E-state index contributed by atoms with van der Waals surface area (Å²) in [4.78, 5) is 24.7. The molecular formula is C25H37NO2. The van der Waals surface area contributed by atoms with Crippen LogP contribution in [0.1, 0.15) is 92.2 Å². The number of rotatable bonds is 7. The lowest BCUT2D eigenvalue weighted by molar-refractivity contribution is -0.117. The van der Waals surface area contributed by atoms with Crippen molar-refractivity contribution in [2.24, 2.45) is 0 Å². The first-order valence-electron chi connectivity index (χ1n) is 10.5. The fraction of sp³-hybridized carbons (Fsp3) is 0.600. The molecule has 0 amide bonds. The zero-order valence-corrected chi connectivity index (χ0v) is 19.0. The lowest BCUT2D eigenvalue weighted by atomic mass is 9.63. The zero-order chi connectivity index (χ0) is 21.3. The highest BCUT2D eigenvalue weighted by Gasteiger charge is 2.37. The van der Waals surface area contributed by atoms with Gasteiger partial charge in [-0.3, -0.25) is 9.59 Å². The van der Waals surface area contributed by atoms with Crippen molar-refractivity contribution in [2.75, 3.05) is 5.32 Å². The molecule has 0 radical (unpaired) electrons. The van der Waals surface area contributed by atoms with E-state index in [-0.39, 0.29) is 28.4 Å². The van der Waals surface area contributed by atoms with Gasteiger partial charge in [-0.25, -0.2) is 0 Å². The van der Waals surface area contributed by atoms with Crippen molar-refractivity contribution in [1.82, 2.24) is 0 Å². The molecular weight excluding hydrogens is 346 g/mol. The number of carbonyl (C=O) groups excluding carboxylic acids is 2. The minimum Gasteiger partial charge on any atom is -0.375 e. The zero-order valence-electron chi connectivity index (χ0n) is 19.0. The van der Waals surface area contributed by atoms with Gasteiger partial charge in [0.1, 0.15) is 0 Å². The molecule has 0 heterocycles. The fourth-order valence-corrected chi connectivity index (χ4v) is 4.15. The molecule has 0 fully saturated rings. The summed E-state index contributed by atoms with van der Waals surface area (Å²) in [6.07, 6.45) is 3.99. The Labute approximate surface area is 171 Å². The molecule has 0 aromatic heterocycles. The molecule has 1 aliphatic rings. The predicted octanol–water partition coefficient (Wildman–Crippen LogP) is 6.11. The molecule has 1 aromatic rings. The van der Waals surface area contributed by atoms with Gasteiger partial charge in [0.2, 0.25) is 0 Å². The van der Waals surface area contributed by atoms with Crippen LogP contribution in [0.5, 0.6) is 0 Å². The molecule has 0 spiro atoms. The van der Waals surface area contributed by atoms with Crippen LogP contribution in [0.25, 0.3) is 0 Å². The van der Waals surface area contributed by atoms with Gasteiger partial charge in [-0.1, -0.05) is 47.1 Å². The van der Waals surface area contributed by atoms with Crippen LogP contribution in [0.4, 0.5) is 5.69 Å². The van der Waals surface area contributed by atoms with Crippen LogP contribution in [-0.4, -0.2) is 17.6 Å². The fourth-order valence-electron chi connectivity index (χ4n) is 4.15. The standard InChI is InChI=1S/C25H37NO2/c1-9-10-22(23(28)17(3)16(2)18(4)27)26-19-11-12-20-21(15-19)25(7,8)14-13-24(20,5)6/h11-12,15,22,26H,9-10,13-14H2,1-8H3/b17-16-. The molecule has 1 atom stereocenters. The minimum atomic E-state index is -0.308. The molecule has 1 aliphatic carbocycles. The molecule has 1 unspecified atom stereocenters. The van der Waals surface area contributed by atoms with Crippen molar-refractivity contribution in [2.45, 2.75) is 97.9 Å². The Morgan fingerprint density at radius 1 is 0.964 bits per heavy atom. The Morgan fingerprint density at radius 2 is 1.54 bits per heavy atom. The maximum Gasteiger partial charge on any atom is 0.181 e. The maximum atomic E-state index is 13.0. The van der Waals surface area contributed by atoms with E-state index in [2.05, 4.69) is 58.1 Å². The summed E-state index contributed by atoms with van der Waals surface area (Å²) in [7, 11) is 0. The third-order valence-electron chi connectivity index (χ3n) is 6.55. The van der Waals surface area contributed by atoms with Crippen molar-refractivity contribution >= 4 is 17.3 Å². The van der Waals surface area contributed by atoms with E-state index in [1.807, 2.05) is 0 Å². The highest BCUT2D eigenvalue weighted by molar-refractivity contribution is 6.07. The van der Waals surface area contributed by atoms with Crippen LogP contribution >= 0.6 is 0 Å². The molecule has 3 nitrogen and oxygen atoms in total. The van der Waals surface area contributed by atoms with Gasteiger partial charge in [0.15, 0.2) is 11.6 Å². The number of hydrogen-bond acceptors (Lipinski definition) is 3. The molecule has 0 saturated heterocycles. The summed E-state index contributed by atoms with van der Waals surface area (Å²) in [5, 5.41) is 3.47. The Morgan fingerprint density at radius 3 is 2.07 bits per heavy atom. The quantitative estimate of drug-likeness (QED) is 0.578. The smallest absolute Gasteiger partial charge is 0.181 e. The number of hydrogen-bond donors (Lipinski definition) is 1. The van der Waals surface area contributed by atoms with E-state index < -0.39 is 0 Å². The van der Waals surface area contributed by atoms with Crippen LogP contribution in [0.2, 0.25) is 0 Å². The van der Waals surface area contributed by atoms with E-state index in [4.69, 9.17) is 0 Å². The molecule has 1 N–H and O–H groups in total. The van der Waals surface area contributed by atoms with Gasteiger partial charge in [-0.2, -0.15) is 0 Å². The molecule has 0 bridgehead atoms. The summed E-state index contributed by atoms with van der Waals surface area (Å²) in [6, 6.07) is 6.27. The second-order valence-electron chi connectivity index (χ2n) is 9.68. The van der Waals surface area contributed by atoms with Crippen molar-refractivity contribution in [3.63, 3.8) is 0 Å². The monoisotopic (exact) mass is 383 g/mol. The number of Topliss-reactive ketones (excluding diaryl/α,β-unsaturated/α-hetero) is 2. The summed E-state index contributed by atoms with van der Waals surface area (Å²) in [5.74, 6) is -0.0225. The van der Waals surface area contributed by atoms with Gasteiger partial charge in [-0.05, 0) is 79.7 Å². The molecule has 1 aromatic carbocycles. The van der Waals surface area contributed by atoms with Crippen molar-refractivity contribution in [3.05, 3.63) is 40.5 Å². The average Bonchev–Trinajstić information content (AvgIpc) is 2.63. The topological polar surface area (TPSA) is 46.2 Å². The second kappa shape index (κ2) is 8.23. The van der Waals surface area contributed by atoms with Crippen molar-refractivity contribution in [3.8, 4) is 0 Å². The highest BCUT2D eigenvalue weighted by atomic mass is 16.1. The lowest BCUT2D eigenvalue weighted by Crippen LogP contribution is -2.34. The molecule has 28 heavy (non-hydrogen) atoms. The van der Waals surface area contributed by atoms with E-state index in [9.17, 15) is 9.59 Å². The Balaban J connectivity index is 2.38. The highest BCUT2D eigenvalue weighted by Crippen LogP contribution is 2.46. The number of anilines is 1. The number of nitrogens with one attached hydrogen (secondary N) is 1. The van der Waals surface area contributed by atoms with Gasteiger partial charge < -0.3 is 5.32 Å². The number of allylic oxidation sites excluding steroid dienone is 1. The maximum absolute atomic E-state index is 13.0. The summed E-state index contributed by atoms with van der Waals surface area (Å²) in [6.45, 7) is 16.3. The first-order chi connectivity index (χ1) is 12.9. The van der Waals surface area contributed by atoms with Crippen LogP contribution < -0.4 is 5.32 Å². The van der Waals surface area contributed by atoms with E-state index >= 15 is 0 Å². The van der Waals surface area contributed by atoms with E-state index in [0.717, 1.165) is 24.9 Å². The Bertz CT molecular complexity index is 799. The minimum absolute atomic E-state index is 0.0202. The van der Waals surface area contributed by atoms with Crippen LogP contribution in [-0.2, 0) is 20.4 Å². The first-order valence-corrected chi connectivity index (χ1v) is 10.5. The molecule has 2 rings (SSSR count). The van der Waals surface area contributed by atoms with Gasteiger partial charge in [0.05, 0.1) is 6.04 Å². The third kappa shape index (κ3) is 4.56. The molecule has 154 valence electrons. The first kappa shape index (κ1) is 22.4. The third-order valence-corrected chi connectivity index (χ3v) is 6.55. The predicted molar refractivity (Wildman–Crippen MR) is 118 cm³/mol. The summed E-state index contributed by atoms with van der Waals surface area (Å²) in [5.41, 5.74) is 5.22. The number of carbonyl (C=O) groups is 2. The molecule has 3 heteroatoms. The SMILES string of the molecule is CCCC(Nc1ccc2c(c1)C(C)(C)CCC2(C)C)C(=O)/C(C)=C(/C)C(C)=O. The second-order valence-corrected chi connectivity index (χ2v) is 9.68. The number of fused-ring (bicyclic) bond motifs is 1. The summed E-state index contributed by atoms with van der Waals surface area (Å²) >= 11 is 0. The van der Waals surface area contributed by atoms with Gasteiger partial charge in [-0.15, -0.1) is 0 Å². The Hall–Kier alpha value is -1.90.